The maximum absolute atomic E-state index is 12.0. The number of rotatable bonds is 7. The van der Waals surface area contributed by atoms with Gasteiger partial charge in [-0.2, -0.15) is 0 Å². The highest BCUT2D eigenvalue weighted by atomic mass is 16.5. The van der Waals surface area contributed by atoms with Crippen molar-refractivity contribution >= 4 is 17.5 Å². The summed E-state index contributed by atoms with van der Waals surface area (Å²) in [7, 11) is 0. The van der Waals surface area contributed by atoms with Crippen molar-refractivity contribution in [3.8, 4) is 11.5 Å². The highest BCUT2D eigenvalue weighted by Gasteiger charge is 2.15. The summed E-state index contributed by atoms with van der Waals surface area (Å²) >= 11 is 0. The molecule has 2 rings (SSSR count). The topological polar surface area (TPSA) is 107 Å². The lowest BCUT2D eigenvalue weighted by molar-refractivity contribution is -0.117. The van der Waals surface area contributed by atoms with Gasteiger partial charge in [0, 0.05) is 11.3 Å². The third kappa shape index (κ3) is 5.61. The number of carbonyl (C=O) groups is 2. The molecule has 132 valence electrons. The Bertz CT molecular complexity index is 742. The summed E-state index contributed by atoms with van der Waals surface area (Å²) in [5.41, 5.74) is 12.1. The van der Waals surface area contributed by atoms with Gasteiger partial charge in [-0.05, 0) is 54.8 Å². The van der Waals surface area contributed by atoms with Crippen molar-refractivity contribution in [3.63, 3.8) is 0 Å². The first-order valence-electron chi connectivity index (χ1n) is 8.09. The lowest BCUT2D eigenvalue weighted by Gasteiger charge is -2.14. The predicted octanol–water partition coefficient (Wildman–Crippen LogP) is 2.89. The Balaban J connectivity index is 1.99. The number of nitrogens with one attached hydrogen (secondary N) is 1. The molecule has 2 aromatic carbocycles. The number of anilines is 1. The monoisotopic (exact) mass is 341 g/mol. The highest BCUT2D eigenvalue weighted by molar-refractivity contribution is 5.94. The van der Waals surface area contributed by atoms with Gasteiger partial charge >= 0.3 is 0 Å². The second kappa shape index (κ2) is 8.30. The molecule has 6 nitrogen and oxygen atoms in total. The van der Waals surface area contributed by atoms with Crippen molar-refractivity contribution in [3.05, 3.63) is 54.1 Å². The van der Waals surface area contributed by atoms with Crippen molar-refractivity contribution in [2.75, 3.05) is 5.32 Å². The average Bonchev–Trinajstić information content (AvgIpc) is 2.56. The van der Waals surface area contributed by atoms with Crippen LogP contribution in [-0.4, -0.2) is 17.9 Å². The molecule has 0 bridgehead atoms. The van der Waals surface area contributed by atoms with E-state index in [0.717, 1.165) is 0 Å². The molecule has 0 aliphatic rings. The maximum atomic E-state index is 12.0. The van der Waals surface area contributed by atoms with Crippen LogP contribution in [-0.2, 0) is 4.79 Å². The Morgan fingerprint density at radius 2 is 1.76 bits per heavy atom. The van der Waals surface area contributed by atoms with E-state index in [0.29, 0.717) is 35.1 Å². The Morgan fingerprint density at radius 3 is 2.36 bits per heavy atom. The number of nitrogens with two attached hydrogens (primary N) is 2. The van der Waals surface area contributed by atoms with Crippen LogP contribution in [0.4, 0.5) is 5.69 Å². The zero-order chi connectivity index (χ0) is 18.4. The maximum Gasteiger partial charge on any atom is 0.248 e. The van der Waals surface area contributed by atoms with E-state index in [2.05, 4.69) is 5.32 Å². The number of hydrogen-bond donors (Lipinski definition) is 3. The van der Waals surface area contributed by atoms with Gasteiger partial charge in [-0.1, -0.05) is 19.9 Å². The van der Waals surface area contributed by atoms with Gasteiger partial charge in [0.2, 0.25) is 11.8 Å². The minimum absolute atomic E-state index is 0.212. The van der Waals surface area contributed by atoms with Gasteiger partial charge in [0.25, 0.3) is 0 Å². The fourth-order valence-corrected chi connectivity index (χ4v) is 2.31. The molecule has 6 heteroatoms. The minimum atomic E-state index is -0.535. The number of carbonyl (C=O) groups excluding carboxylic acids is 2. The zero-order valence-corrected chi connectivity index (χ0v) is 14.4. The summed E-state index contributed by atoms with van der Waals surface area (Å²) < 4.78 is 5.68. The number of primary amides is 1. The Morgan fingerprint density at radius 1 is 1.08 bits per heavy atom. The van der Waals surface area contributed by atoms with E-state index in [4.69, 9.17) is 16.2 Å². The van der Waals surface area contributed by atoms with Crippen LogP contribution in [0.25, 0.3) is 0 Å². The normalized spacial score (nSPS) is 11.8. The molecular formula is C19H23N3O3. The van der Waals surface area contributed by atoms with E-state index in [-0.39, 0.29) is 5.91 Å². The molecule has 0 fully saturated rings. The van der Waals surface area contributed by atoms with Crippen LogP contribution in [0.1, 0.15) is 30.6 Å². The van der Waals surface area contributed by atoms with E-state index in [1.54, 1.807) is 48.5 Å². The van der Waals surface area contributed by atoms with E-state index in [1.807, 2.05) is 13.8 Å². The average molecular weight is 341 g/mol. The first kappa shape index (κ1) is 18.5. The Labute approximate surface area is 147 Å². The second-order valence-corrected chi connectivity index (χ2v) is 6.24. The third-order valence-corrected chi connectivity index (χ3v) is 3.54. The van der Waals surface area contributed by atoms with Crippen LogP contribution >= 0.6 is 0 Å². The van der Waals surface area contributed by atoms with Gasteiger partial charge in [0.1, 0.15) is 11.5 Å². The first-order valence-corrected chi connectivity index (χ1v) is 8.09. The number of benzene rings is 2. The molecule has 1 atom stereocenters. The molecule has 0 spiro atoms. The van der Waals surface area contributed by atoms with E-state index < -0.39 is 11.9 Å². The molecule has 5 N–H and O–H groups in total. The van der Waals surface area contributed by atoms with Crippen molar-refractivity contribution in [1.29, 1.82) is 0 Å². The molecule has 0 aliphatic carbocycles. The van der Waals surface area contributed by atoms with Crippen LogP contribution in [0.5, 0.6) is 11.5 Å². The fraction of sp³-hybridized carbons (Fsp3) is 0.263. The van der Waals surface area contributed by atoms with Crippen LogP contribution in [0, 0.1) is 5.92 Å². The van der Waals surface area contributed by atoms with E-state index in [9.17, 15) is 9.59 Å². The van der Waals surface area contributed by atoms with Crippen molar-refractivity contribution < 1.29 is 14.3 Å². The number of hydrogen-bond acceptors (Lipinski definition) is 4. The lowest BCUT2D eigenvalue weighted by atomic mass is 10.0. The summed E-state index contributed by atoms with van der Waals surface area (Å²) in [6, 6.07) is 13.0. The fourth-order valence-electron chi connectivity index (χ4n) is 2.31. The summed E-state index contributed by atoms with van der Waals surface area (Å²) in [4.78, 5) is 23.2. The van der Waals surface area contributed by atoms with Crippen LogP contribution in [0.2, 0.25) is 0 Å². The quantitative estimate of drug-likeness (QED) is 0.719. The molecule has 0 unspecified atom stereocenters. The molecule has 2 aromatic rings. The van der Waals surface area contributed by atoms with Gasteiger partial charge in [-0.3, -0.25) is 9.59 Å². The molecular weight excluding hydrogens is 318 g/mol. The zero-order valence-electron chi connectivity index (χ0n) is 14.4. The summed E-state index contributed by atoms with van der Waals surface area (Å²) in [5, 5.41) is 2.78. The second-order valence-electron chi connectivity index (χ2n) is 6.24. The van der Waals surface area contributed by atoms with Crippen LogP contribution < -0.4 is 21.5 Å². The van der Waals surface area contributed by atoms with Crippen molar-refractivity contribution in [1.82, 2.24) is 0 Å². The SMILES string of the molecule is CC(C)C[C@H](N)C(=O)Nc1ccc(Oc2cccc(C(N)=O)c2)cc1. The highest BCUT2D eigenvalue weighted by Crippen LogP contribution is 2.24. The Kier molecular flexibility index (Phi) is 6.14. The summed E-state index contributed by atoms with van der Waals surface area (Å²) in [5.74, 6) is 0.712. The van der Waals surface area contributed by atoms with Crippen molar-refractivity contribution in [2.45, 2.75) is 26.3 Å². The van der Waals surface area contributed by atoms with Gasteiger partial charge in [-0.25, -0.2) is 0 Å². The molecule has 0 aromatic heterocycles. The van der Waals surface area contributed by atoms with Crippen LogP contribution in [0.15, 0.2) is 48.5 Å². The lowest BCUT2D eigenvalue weighted by Crippen LogP contribution is -2.36. The molecule has 0 saturated carbocycles. The van der Waals surface area contributed by atoms with Gasteiger partial charge in [-0.15, -0.1) is 0 Å². The Hall–Kier alpha value is -2.86. The van der Waals surface area contributed by atoms with E-state index >= 15 is 0 Å². The third-order valence-electron chi connectivity index (χ3n) is 3.54. The summed E-state index contributed by atoms with van der Waals surface area (Å²) in [6.45, 7) is 4.04. The van der Waals surface area contributed by atoms with Crippen LogP contribution in [0.3, 0.4) is 0 Å². The standard InChI is InChI=1S/C19H23N3O3/c1-12(2)10-17(20)19(24)22-14-6-8-15(9-7-14)25-16-5-3-4-13(11-16)18(21)23/h3-9,11-12,17H,10,20H2,1-2H3,(H2,21,23)(H,22,24)/t17-/m0/s1. The molecule has 2 amide bonds. The van der Waals surface area contributed by atoms with Gasteiger partial charge in [0.05, 0.1) is 6.04 Å². The summed E-state index contributed by atoms with van der Waals surface area (Å²) in [6.07, 6.45) is 0.628. The minimum Gasteiger partial charge on any atom is -0.457 e. The molecule has 25 heavy (non-hydrogen) atoms. The van der Waals surface area contributed by atoms with Gasteiger partial charge in [0.15, 0.2) is 0 Å². The molecule has 0 heterocycles. The van der Waals surface area contributed by atoms with Crippen molar-refractivity contribution in [2.24, 2.45) is 17.4 Å². The predicted molar refractivity (Wildman–Crippen MR) is 97.5 cm³/mol. The molecule has 0 aliphatic heterocycles. The van der Waals surface area contributed by atoms with E-state index in [1.165, 1.54) is 0 Å². The number of amides is 2. The van der Waals surface area contributed by atoms with Gasteiger partial charge < -0.3 is 21.5 Å². The largest absolute Gasteiger partial charge is 0.457 e. The molecule has 0 saturated heterocycles. The first-order chi connectivity index (χ1) is 11.8. The number of ether oxygens (including phenoxy) is 1. The molecule has 0 radical (unpaired) electrons. The smallest absolute Gasteiger partial charge is 0.248 e.